The molecule has 0 heterocycles. The van der Waals surface area contributed by atoms with Gasteiger partial charge in [0.2, 0.25) is 0 Å². The summed E-state index contributed by atoms with van der Waals surface area (Å²) in [5.74, 6) is 0.123. The second kappa shape index (κ2) is 5.40. The van der Waals surface area contributed by atoms with Crippen LogP contribution < -0.4 is 11.1 Å². The normalized spacial score (nSPS) is 10.1. The molecular weight excluding hydrogens is 174 g/mol. The third-order valence-corrected chi connectivity index (χ3v) is 2.02. The van der Waals surface area contributed by atoms with Gasteiger partial charge in [0.1, 0.15) is 5.84 Å². The molecule has 0 radical (unpaired) electrons. The van der Waals surface area contributed by atoms with Crippen LogP contribution >= 0.6 is 0 Å². The highest BCUT2D eigenvalue weighted by Crippen LogP contribution is 2.03. The number of amidine groups is 1. The van der Waals surface area contributed by atoms with Gasteiger partial charge in [0.25, 0.3) is 0 Å². The minimum Gasteiger partial charge on any atom is -0.384 e. The van der Waals surface area contributed by atoms with Gasteiger partial charge in [0, 0.05) is 12.1 Å². The van der Waals surface area contributed by atoms with Crippen LogP contribution in [0.1, 0.15) is 24.5 Å². The summed E-state index contributed by atoms with van der Waals surface area (Å²) in [4.78, 5) is 0. The summed E-state index contributed by atoms with van der Waals surface area (Å²) >= 11 is 0. The Balaban J connectivity index is 2.51. The van der Waals surface area contributed by atoms with Gasteiger partial charge in [-0.05, 0) is 18.5 Å². The Morgan fingerprint density at radius 1 is 1.36 bits per heavy atom. The van der Waals surface area contributed by atoms with Gasteiger partial charge in [-0.15, -0.1) is 0 Å². The molecule has 0 aliphatic carbocycles. The van der Waals surface area contributed by atoms with E-state index in [4.69, 9.17) is 11.1 Å². The van der Waals surface area contributed by atoms with E-state index in [-0.39, 0.29) is 5.84 Å². The Hall–Kier alpha value is -1.35. The lowest BCUT2D eigenvalue weighted by atomic mass is 10.1. The minimum absolute atomic E-state index is 0.123. The van der Waals surface area contributed by atoms with Gasteiger partial charge in [-0.25, -0.2) is 0 Å². The molecule has 0 saturated heterocycles. The maximum atomic E-state index is 7.24. The summed E-state index contributed by atoms with van der Waals surface area (Å²) in [6.07, 6.45) is 1.14. The van der Waals surface area contributed by atoms with Crippen LogP contribution in [0.15, 0.2) is 24.3 Å². The second-order valence-electron chi connectivity index (χ2n) is 3.29. The van der Waals surface area contributed by atoms with Gasteiger partial charge in [-0.2, -0.15) is 0 Å². The number of rotatable bonds is 5. The van der Waals surface area contributed by atoms with Gasteiger partial charge in [-0.3, -0.25) is 5.41 Å². The molecule has 0 aromatic heterocycles. The molecule has 0 aliphatic heterocycles. The molecule has 0 aliphatic rings. The maximum Gasteiger partial charge on any atom is 0.122 e. The van der Waals surface area contributed by atoms with Crippen molar-refractivity contribution in [3.05, 3.63) is 35.4 Å². The summed E-state index contributed by atoms with van der Waals surface area (Å²) in [5.41, 5.74) is 7.36. The summed E-state index contributed by atoms with van der Waals surface area (Å²) in [7, 11) is 0. The number of nitrogens with two attached hydrogens (primary N) is 1. The zero-order chi connectivity index (χ0) is 10.4. The van der Waals surface area contributed by atoms with E-state index in [1.54, 1.807) is 0 Å². The highest BCUT2D eigenvalue weighted by Gasteiger charge is 1.96. The molecule has 0 saturated carbocycles. The number of hydrogen-bond acceptors (Lipinski definition) is 2. The molecule has 1 aromatic rings. The molecule has 14 heavy (non-hydrogen) atoms. The van der Waals surface area contributed by atoms with E-state index >= 15 is 0 Å². The standard InChI is InChI=1S/C11H17N3/c1-2-7-14-8-9-3-5-10(6-4-9)11(12)13/h3-6,14H,2,7-8H2,1H3,(H3,12,13). The zero-order valence-electron chi connectivity index (χ0n) is 8.51. The Kier molecular flexibility index (Phi) is 4.13. The lowest BCUT2D eigenvalue weighted by Gasteiger charge is -2.04. The van der Waals surface area contributed by atoms with Crippen LogP contribution in [0.2, 0.25) is 0 Å². The van der Waals surface area contributed by atoms with Crippen molar-refractivity contribution >= 4 is 5.84 Å². The third-order valence-electron chi connectivity index (χ3n) is 2.02. The summed E-state index contributed by atoms with van der Waals surface area (Å²) < 4.78 is 0. The highest BCUT2D eigenvalue weighted by atomic mass is 14.8. The van der Waals surface area contributed by atoms with Crippen molar-refractivity contribution < 1.29 is 0 Å². The average Bonchev–Trinajstić information content (AvgIpc) is 2.19. The quantitative estimate of drug-likeness (QED) is 0.375. The number of benzene rings is 1. The first-order valence-corrected chi connectivity index (χ1v) is 4.88. The maximum absolute atomic E-state index is 7.24. The average molecular weight is 191 g/mol. The predicted octanol–water partition coefficient (Wildman–Crippen LogP) is 1.47. The van der Waals surface area contributed by atoms with E-state index in [9.17, 15) is 0 Å². The van der Waals surface area contributed by atoms with Crippen LogP contribution in [0.4, 0.5) is 0 Å². The molecule has 4 N–H and O–H groups in total. The SMILES string of the molecule is CCCNCc1ccc(C(=N)N)cc1. The fourth-order valence-corrected chi connectivity index (χ4v) is 1.21. The lowest BCUT2D eigenvalue weighted by molar-refractivity contribution is 0.675. The minimum atomic E-state index is 0.123. The molecular formula is C11H17N3. The summed E-state index contributed by atoms with van der Waals surface area (Å²) in [6, 6.07) is 7.76. The Labute approximate surface area is 84.8 Å². The van der Waals surface area contributed by atoms with Gasteiger partial charge < -0.3 is 11.1 Å². The molecule has 0 atom stereocenters. The van der Waals surface area contributed by atoms with E-state index in [2.05, 4.69) is 12.2 Å². The number of nitrogens with one attached hydrogen (secondary N) is 2. The van der Waals surface area contributed by atoms with Crippen LogP contribution in [-0.2, 0) is 6.54 Å². The monoisotopic (exact) mass is 191 g/mol. The molecule has 3 nitrogen and oxygen atoms in total. The van der Waals surface area contributed by atoms with Gasteiger partial charge in [-0.1, -0.05) is 31.2 Å². The molecule has 0 amide bonds. The van der Waals surface area contributed by atoms with Crippen molar-refractivity contribution in [2.75, 3.05) is 6.54 Å². The van der Waals surface area contributed by atoms with Crippen molar-refractivity contribution in [3.8, 4) is 0 Å². The Morgan fingerprint density at radius 2 is 2.00 bits per heavy atom. The first kappa shape index (κ1) is 10.7. The van der Waals surface area contributed by atoms with Gasteiger partial charge >= 0.3 is 0 Å². The molecule has 1 rings (SSSR count). The zero-order valence-corrected chi connectivity index (χ0v) is 8.51. The van der Waals surface area contributed by atoms with Crippen molar-refractivity contribution in [3.63, 3.8) is 0 Å². The predicted molar refractivity (Wildman–Crippen MR) is 59.5 cm³/mol. The van der Waals surface area contributed by atoms with E-state index < -0.39 is 0 Å². The first-order chi connectivity index (χ1) is 6.74. The molecule has 3 heteroatoms. The second-order valence-corrected chi connectivity index (χ2v) is 3.29. The molecule has 1 aromatic carbocycles. The topological polar surface area (TPSA) is 61.9 Å². The Morgan fingerprint density at radius 3 is 2.50 bits per heavy atom. The fraction of sp³-hybridized carbons (Fsp3) is 0.364. The molecule has 0 unspecified atom stereocenters. The van der Waals surface area contributed by atoms with Crippen LogP contribution in [0.25, 0.3) is 0 Å². The van der Waals surface area contributed by atoms with E-state index in [1.807, 2.05) is 24.3 Å². The summed E-state index contributed by atoms with van der Waals surface area (Å²) in [5, 5.41) is 10.6. The fourth-order valence-electron chi connectivity index (χ4n) is 1.21. The first-order valence-electron chi connectivity index (χ1n) is 4.88. The van der Waals surface area contributed by atoms with Crippen LogP contribution in [0.5, 0.6) is 0 Å². The van der Waals surface area contributed by atoms with Gasteiger partial charge in [0.05, 0.1) is 0 Å². The molecule has 0 spiro atoms. The largest absolute Gasteiger partial charge is 0.384 e. The van der Waals surface area contributed by atoms with E-state index in [0.29, 0.717) is 0 Å². The van der Waals surface area contributed by atoms with Gasteiger partial charge in [0.15, 0.2) is 0 Å². The molecule has 0 fully saturated rings. The van der Waals surface area contributed by atoms with Crippen molar-refractivity contribution in [1.82, 2.24) is 5.32 Å². The van der Waals surface area contributed by atoms with Crippen molar-refractivity contribution in [1.29, 1.82) is 5.41 Å². The van der Waals surface area contributed by atoms with Crippen molar-refractivity contribution in [2.24, 2.45) is 5.73 Å². The Bertz CT molecular complexity index is 290. The highest BCUT2D eigenvalue weighted by molar-refractivity contribution is 5.94. The molecule has 76 valence electrons. The molecule has 0 bridgehead atoms. The van der Waals surface area contributed by atoms with E-state index in [0.717, 1.165) is 25.1 Å². The van der Waals surface area contributed by atoms with E-state index in [1.165, 1.54) is 5.56 Å². The third kappa shape index (κ3) is 3.18. The smallest absolute Gasteiger partial charge is 0.122 e. The van der Waals surface area contributed by atoms with Crippen molar-refractivity contribution in [2.45, 2.75) is 19.9 Å². The summed E-state index contributed by atoms with van der Waals surface area (Å²) in [6.45, 7) is 4.06. The van der Waals surface area contributed by atoms with Crippen LogP contribution in [0.3, 0.4) is 0 Å². The van der Waals surface area contributed by atoms with Crippen LogP contribution in [-0.4, -0.2) is 12.4 Å². The lowest BCUT2D eigenvalue weighted by Crippen LogP contribution is -2.14. The van der Waals surface area contributed by atoms with Crippen LogP contribution in [0, 0.1) is 5.41 Å². The number of hydrogen-bond donors (Lipinski definition) is 3. The number of nitrogen functional groups attached to an aromatic ring is 1.